The first kappa shape index (κ1) is 15.0. The number of hydrogen-bond donors (Lipinski definition) is 0. The van der Waals surface area contributed by atoms with E-state index in [0.717, 1.165) is 32.1 Å². The highest BCUT2D eigenvalue weighted by atomic mass is 16.1. The largest absolute Gasteiger partial charge is 0.299 e. The maximum absolute atomic E-state index is 13.3. The van der Waals surface area contributed by atoms with E-state index in [4.69, 9.17) is 0 Å². The second-order valence-electron chi connectivity index (χ2n) is 8.27. The van der Waals surface area contributed by atoms with E-state index in [-0.39, 0.29) is 17.3 Å². The van der Waals surface area contributed by atoms with Crippen LogP contribution in [0.1, 0.15) is 66.2 Å². The monoisotopic (exact) mass is 288 g/mol. The molecule has 2 heteroatoms. The smallest absolute Gasteiger partial charge is 0.142 e. The molecule has 0 saturated heterocycles. The highest BCUT2D eigenvalue weighted by Gasteiger charge is 2.53. The van der Waals surface area contributed by atoms with Gasteiger partial charge in [-0.2, -0.15) is 0 Å². The molecule has 0 aliphatic heterocycles. The van der Waals surface area contributed by atoms with Crippen molar-refractivity contribution >= 4 is 11.6 Å². The van der Waals surface area contributed by atoms with Crippen LogP contribution in [0.2, 0.25) is 0 Å². The van der Waals surface area contributed by atoms with Gasteiger partial charge in [0.1, 0.15) is 11.6 Å². The van der Waals surface area contributed by atoms with Crippen molar-refractivity contribution in [1.82, 2.24) is 0 Å². The first-order valence-electron chi connectivity index (χ1n) is 8.55. The lowest BCUT2D eigenvalue weighted by Gasteiger charge is -2.42. The highest BCUT2D eigenvalue weighted by molar-refractivity contribution is 5.95. The molecule has 3 rings (SSSR count). The summed E-state index contributed by atoms with van der Waals surface area (Å²) in [6, 6.07) is 0. The van der Waals surface area contributed by atoms with Crippen molar-refractivity contribution in [3.8, 4) is 0 Å². The zero-order chi connectivity index (χ0) is 15.4. The number of fused-ring (bicyclic) bond motifs is 3. The second-order valence-corrected chi connectivity index (χ2v) is 8.27. The van der Waals surface area contributed by atoms with Gasteiger partial charge >= 0.3 is 0 Å². The maximum atomic E-state index is 13.3. The Morgan fingerprint density at radius 3 is 2.57 bits per heavy atom. The normalized spacial score (nSPS) is 42.7. The summed E-state index contributed by atoms with van der Waals surface area (Å²) in [5.74, 6) is 1.10. The van der Waals surface area contributed by atoms with E-state index in [0.29, 0.717) is 23.9 Å². The van der Waals surface area contributed by atoms with Crippen LogP contribution in [0.3, 0.4) is 0 Å². The van der Waals surface area contributed by atoms with Crippen molar-refractivity contribution in [2.75, 3.05) is 0 Å². The van der Waals surface area contributed by atoms with Gasteiger partial charge in [-0.05, 0) is 43.4 Å². The van der Waals surface area contributed by atoms with E-state index < -0.39 is 5.41 Å². The van der Waals surface area contributed by atoms with Crippen molar-refractivity contribution in [3.63, 3.8) is 0 Å². The van der Waals surface area contributed by atoms with Gasteiger partial charge in [-0.1, -0.05) is 39.3 Å². The molecule has 0 amide bonds. The Morgan fingerprint density at radius 1 is 1.14 bits per heavy atom. The Labute approximate surface area is 128 Å². The Kier molecular flexibility index (Phi) is 3.42. The molecular formula is C19H28O2. The van der Waals surface area contributed by atoms with Crippen LogP contribution in [0.5, 0.6) is 0 Å². The first-order valence-corrected chi connectivity index (χ1v) is 8.55. The number of carbonyl (C=O) groups excluding carboxylic acids is 2. The molecule has 0 N–H and O–H groups in total. The van der Waals surface area contributed by atoms with E-state index in [1.807, 2.05) is 0 Å². The summed E-state index contributed by atoms with van der Waals surface area (Å²) in [5, 5.41) is 0. The summed E-state index contributed by atoms with van der Waals surface area (Å²) in [5.41, 5.74) is 1.17. The molecule has 2 saturated carbocycles. The van der Waals surface area contributed by atoms with Crippen LogP contribution in [0.25, 0.3) is 0 Å². The van der Waals surface area contributed by atoms with Crippen molar-refractivity contribution < 1.29 is 9.59 Å². The number of hydrogen-bond acceptors (Lipinski definition) is 2. The van der Waals surface area contributed by atoms with Gasteiger partial charge in [0, 0.05) is 23.7 Å². The molecular weight excluding hydrogens is 260 g/mol. The molecule has 2 fully saturated rings. The Morgan fingerprint density at radius 2 is 1.86 bits per heavy atom. The van der Waals surface area contributed by atoms with E-state index >= 15 is 0 Å². The van der Waals surface area contributed by atoms with Gasteiger partial charge in [-0.25, -0.2) is 0 Å². The van der Waals surface area contributed by atoms with Crippen LogP contribution in [0.4, 0.5) is 0 Å². The molecule has 2 bridgehead atoms. The maximum Gasteiger partial charge on any atom is 0.142 e. The van der Waals surface area contributed by atoms with Crippen molar-refractivity contribution in [3.05, 3.63) is 11.6 Å². The molecule has 0 spiro atoms. The van der Waals surface area contributed by atoms with E-state index in [1.54, 1.807) is 0 Å². The number of rotatable bonds is 0. The lowest BCUT2D eigenvalue weighted by Crippen LogP contribution is -2.47. The van der Waals surface area contributed by atoms with Crippen LogP contribution in [0.15, 0.2) is 11.6 Å². The third kappa shape index (κ3) is 2.05. The summed E-state index contributed by atoms with van der Waals surface area (Å²) in [4.78, 5) is 25.7. The third-order valence-corrected chi connectivity index (χ3v) is 6.94. The van der Waals surface area contributed by atoms with Crippen LogP contribution in [-0.2, 0) is 9.59 Å². The summed E-state index contributed by atoms with van der Waals surface area (Å²) >= 11 is 0. The average Bonchev–Trinajstić information content (AvgIpc) is 2.71. The molecule has 4 unspecified atom stereocenters. The van der Waals surface area contributed by atoms with E-state index in [9.17, 15) is 9.59 Å². The van der Waals surface area contributed by atoms with Gasteiger partial charge in [0.15, 0.2) is 0 Å². The Hall–Kier alpha value is -0.920. The van der Waals surface area contributed by atoms with Crippen LogP contribution >= 0.6 is 0 Å². The molecule has 21 heavy (non-hydrogen) atoms. The number of allylic oxidation sites excluding steroid dienone is 2. The molecule has 4 atom stereocenters. The number of Topliss-reactive ketones (excluding diaryl/α,β-unsaturated/α-hetero) is 2. The average molecular weight is 288 g/mol. The number of ketones is 2. The minimum Gasteiger partial charge on any atom is -0.299 e. The molecule has 3 aliphatic carbocycles. The SMILES string of the molecule is CC1C(=O)C2(C)CCCC(=O)C2CC=C2CCC1C2(C)C. The first-order chi connectivity index (χ1) is 9.78. The van der Waals surface area contributed by atoms with Gasteiger partial charge in [-0.15, -0.1) is 0 Å². The molecule has 0 aromatic carbocycles. The lowest BCUT2D eigenvalue weighted by atomic mass is 9.59. The summed E-state index contributed by atoms with van der Waals surface area (Å²) < 4.78 is 0. The number of carbonyl (C=O) groups is 2. The van der Waals surface area contributed by atoms with Crippen LogP contribution < -0.4 is 0 Å². The van der Waals surface area contributed by atoms with Gasteiger partial charge in [0.2, 0.25) is 0 Å². The molecule has 0 radical (unpaired) electrons. The molecule has 3 aliphatic rings. The predicted octanol–water partition coefficient (Wildman–Crippen LogP) is 4.33. The van der Waals surface area contributed by atoms with Crippen LogP contribution in [-0.4, -0.2) is 11.6 Å². The van der Waals surface area contributed by atoms with Crippen molar-refractivity contribution in [1.29, 1.82) is 0 Å². The standard InChI is InChI=1S/C19H28O2/c1-12-14-9-7-13(18(14,2)3)8-10-15-16(20)6-5-11-19(15,4)17(12)21/h8,12,14-15H,5-7,9-11H2,1-4H3. The molecule has 0 heterocycles. The molecule has 2 nitrogen and oxygen atoms in total. The second kappa shape index (κ2) is 4.79. The zero-order valence-electron chi connectivity index (χ0n) is 13.9. The topological polar surface area (TPSA) is 34.1 Å². The third-order valence-electron chi connectivity index (χ3n) is 6.94. The van der Waals surface area contributed by atoms with Crippen molar-refractivity contribution in [2.24, 2.45) is 28.6 Å². The summed E-state index contributed by atoms with van der Waals surface area (Å²) in [7, 11) is 0. The fourth-order valence-electron chi connectivity index (χ4n) is 5.46. The van der Waals surface area contributed by atoms with Gasteiger partial charge in [0.05, 0.1) is 0 Å². The lowest BCUT2D eigenvalue weighted by molar-refractivity contribution is -0.146. The zero-order valence-corrected chi connectivity index (χ0v) is 13.9. The highest BCUT2D eigenvalue weighted by Crippen LogP contribution is 2.55. The predicted molar refractivity (Wildman–Crippen MR) is 83.8 cm³/mol. The van der Waals surface area contributed by atoms with Gasteiger partial charge < -0.3 is 0 Å². The van der Waals surface area contributed by atoms with E-state index in [1.165, 1.54) is 5.57 Å². The van der Waals surface area contributed by atoms with E-state index in [2.05, 4.69) is 33.8 Å². The quantitative estimate of drug-likeness (QED) is 0.622. The fourth-order valence-corrected chi connectivity index (χ4v) is 5.46. The Bertz CT molecular complexity index is 514. The minimum absolute atomic E-state index is 0.0717. The fraction of sp³-hybridized carbons (Fsp3) is 0.789. The van der Waals surface area contributed by atoms with Crippen molar-refractivity contribution in [2.45, 2.75) is 66.2 Å². The Balaban J connectivity index is 2.09. The van der Waals surface area contributed by atoms with Gasteiger partial charge in [0.25, 0.3) is 0 Å². The summed E-state index contributed by atoms with van der Waals surface area (Å²) in [6.07, 6.45) is 7.76. The molecule has 116 valence electrons. The summed E-state index contributed by atoms with van der Waals surface area (Å²) in [6.45, 7) is 8.77. The van der Waals surface area contributed by atoms with Gasteiger partial charge in [-0.3, -0.25) is 9.59 Å². The van der Waals surface area contributed by atoms with Crippen LogP contribution in [0, 0.1) is 28.6 Å². The molecule has 0 aromatic heterocycles. The minimum atomic E-state index is -0.424. The molecule has 0 aromatic rings.